The van der Waals surface area contributed by atoms with Gasteiger partial charge in [0, 0.05) is 25.8 Å². The lowest BCUT2D eigenvalue weighted by atomic mass is 10.1. The van der Waals surface area contributed by atoms with Gasteiger partial charge in [-0.1, -0.05) is 0 Å². The number of imidazole rings is 1. The highest BCUT2D eigenvalue weighted by Crippen LogP contribution is 2.18. The number of H-pyrrole nitrogens is 1. The van der Waals surface area contributed by atoms with Gasteiger partial charge in [0.25, 0.3) is 0 Å². The summed E-state index contributed by atoms with van der Waals surface area (Å²) >= 11 is 0. The van der Waals surface area contributed by atoms with Crippen LogP contribution < -0.4 is 5.69 Å². The van der Waals surface area contributed by atoms with Crippen LogP contribution in [0.15, 0.2) is 35.3 Å². The monoisotopic (exact) mass is 302 g/mol. The molecule has 0 aliphatic carbocycles. The second-order valence-corrected chi connectivity index (χ2v) is 4.86. The summed E-state index contributed by atoms with van der Waals surface area (Å²) in [6.45, 7) is 1.05. The minimum absolute atomic E-state index is 0.248. The number of rotatable bonds is 5. The highest BCUT2D eigenvalue weighted by molar-refractivity contribution is 5.70. The SMILES string of the molecule is COCCCn1c(=O)[nH]c2ncc(-c3ccc(F)cc3)nc21. The molecule has 6 nitrogen and oxygen atoms in total. The van der Waals surface area contributed by atoms with Gasteiger partial charge in [-0.2, -0.15) is 0 Å². The molecular formula is C15H15FN4O2. The van der Waals surface area contributed by atoms with Crippen molar-refractivity contribution < 1.29 is 9.13 Å². The van der Waals surface area contributed by atoms with E-state index in [2.05, 4.69) is 15.0 Å². The van der Waals surface area contributed by atoms with E-state index in [0.29, 0.717) is 36.6 Å². The molecule has 2 heterocycles. The summed E-state index contributed by atoms with van der Waals surface area (Å²) in [5.41, 5.74) is 2.01. The maximum absolute atomic E-state index is 13.0. The van der Waals surface area contributed by atoms with E-state index in [4.69, 9.17) is 4.74 Å². The third-order valence-corrected chi connectivity index (χ3v) is 3.35. The highest BCUT2D eigenvalue weighted by atomic mass is 19.1. The third-order valence-electron chi connectivity index (χ3n) is 3.35. The Bertz CT molecular complexity index is 839. The molecule has 0 saturated heterocycles. The maximum Gasteiger partial charge on any atom is 0.328 e. The Hall–Kier alpha value is -2.54. The molecule has 0 aliphatic rings. The summed E-state index contributed by atoms with van der Waals surface area (Å²) < 4.78 is 19.5. The first kappa shape index (κ1) is 14.4. The first-order chi connectivity index (χ1) is 10.7. The van der Waals surface area contributed by atoms with Crippen molar-refractivity contribution in [2.45, 2.75) is 13.0 Å². The van der Waals surface area contributed by atoms with Crippen molar-refractivity contribution in [3.05, 3.63) is 46.8 Å². The number of aromatic amines is 1. The van der Waals surface area contributed by atoms with E-state index in [0.717, 1.165) is 5.56 Å². The van der Waals surface area contributed by atoms with Crippen molar-refractivity contribution in [3.8, 4) is 11.3 Å². The summed E-state index contributed by atoms with van der Waals surface area (Å²) in [4.78, 5) is 23.3. The molecule has 0 unspecified atom stereocenters. The molecular weight excluding hydrogens is 287 g/mol. The molecule has 3 rings (SSSR count). The first-order valence-electron chi connectivity index (χ1n) is 6.89. The van der Waals surface area contributed by atoms with Gasteiger partial charge < -0.3 is 4.74 Å². The second-order valence-electron chi connectivity index (χ2n) is 4.86. The molecule has 1 aromatic carbocycles. The molecule has 0 saturated carbocycles. The normalized spacial score (nSPS) is 11.2. The molecule has 0 radical (unpaired) electrons. The van der Waals surface area contributed by atoms with E-state index in [1.807, 2.05) is 0 Å². The topological polar surface area (TPSA) is 72.8 Å². The summed E-state index contributed by atoms with van der Waals surface area (Å²) in [6.07, 6.45) is 2.26. The molecule has 22 heavy (non-hydrogen) atoms. The molecule has 0 atom stereocenters. The van der Waals surface area contributed by atoms with Crippen molar-refractivity contribution in [1.82, 2.24) is 19.5 Å². The fraction of sp³-hybridized carbons (Fsp3) is 0.267. The van der Waals surface area contributed by atoms with Crippen molar-refractivity contribution in [2.75, 3.05) is 13.7 Å². The Morgan fingerprint density at radius 1 is 1.32 bits per heavy atom. The number of methoxy groups -OCH3 is 1. The van der Waals surface area contributed by atoms with Crippen molar-refractivity contribution in [3.63, 3.8) is 0 Å². The Morgan fingerprint density at radius 2 is 2.09 bits per heavy atom. The highest BCUT2D eigenvalue weighted by Gasteiger charge is 2.11. The minimum atomic E-state index is -0.309. The quantitative estimate of drug-likeness (QED) is 0.731. The van der Waals surface area contributed by atoms with Crippen LogP contribution in [0.3, 0.4) is 0 Å². The smallest absolute Gasteiger partial charge is 0.328 e. The minimum Gasteiger partial charge on any atom is -0.385 e. The van der Waals surface area contributed by atoms with Gasteiger partial charge >= 0.3 is 5.69 Å². The molecule has 1 N–H and O–H groups in total. The zero-order valence-electron chi connectivity index (χ0n) is 12.0. The fourth-order valence-electron chi connectivity index (χ4n) is 2.25. The molecule has 7 heteroatoms. The van der Waals surface area contributed by atoms with Crippen LogP contribution in [0.4, 0.5) is 4.39 Å². The molecule has 0 spiro atoms. The van der Waals surface area contributed by atoms with Crippen LogP contribution in [-0.4, -0.2) is 33.2 Å². The predicted molar refractivity (Wildman–Crippen MR) is 80.0 cm³/mol. The Balaban J connectivity index is 2.02. The van der Waals surface area contributed by atoms with Gasteiger partial charge in [-0.3, -0.25) is 9.55 Å². The van der Waals surface area contributed by atoms with Gasteiger partial charge in [-0.25, -0.2) is 19.2 Å². The number of hydrogen-bond acceptors (Lipinski definition) is 4. The average Bonchev–Trinajstić information content (AvgIpc) is 2.83. The second kappa shape index (κ2) is 6.07. The maximum atomic E-state index is 13.0. The zero-order chi connectivity index (χ0) is 15.5. The van der Waals surface area contributed by atoms with Gasteiger partial charge in [-0.15, -0.1) is 0 Å². The molecule has 3 aromatic rings. The number of aryl methyl sites for hydroxylation is 1. The number of nitrogens with one attached hydrogen (secondary N) is 1. The number of aromatic nitrogens is 4. The van der Waals surface area contributed by atoms with E-state index < -0.39 is 0 Å². The van der Waals surface area contributed by atoms with Gasteiger partial charge in [-0.05, 0) is 30.7 Å². The lowest BCUT2D eigenvalue weighted by Crippen LogP contribution is -2.18. The van der Waals surface area contributed by atoms with Gasteiger partial charge in [0.15, 0.2) is 11.3 Å². The van der Waals surface area contributed by atoms with Crippen LogP contribution in [0.5, 0.6) is 0 Å². The summed E-state index contributed by atoms with van der Waals surface area (Å²) in [7, 11) is 1.62. The number of fused-ring (bicyclic) bond motifs is 1. The number of benzene rings is 1. The average molecular weight is 302 g/mol. The van der Waals surface area contributed by atoms with Crippen molar-refractivity contribution >= 4 is 11.3 Å². The number of halogens is 1. The van der Waals surface area contributed by atoms with E-state index in [1.165, 1.54) is 16.7 Å². The fourth-order valence-corrected chi connectivity index (χ4v) is 2.25. The molecule has 0 amide bonds. The predicted octanol–water partition coefficient (Wildman–Crippen LogP) is 1.96. The standard InChI is InChI=1S/C15H15FN4O2/c1-22-8-2-7-20-14-13(19-15(20)21)17-9-12(18-14)10-3-5-11(16)6-4-10/h3-6,9H,2,7-8H2,1H3,(H,17,19,21). The van der Waals surface area contributed by atoms with Gasteiger partial charge in [0.05, 0.1) is 11.9 Å². The van der Waals surface area contributed by atoms with E-state index in [9.17, 15) is 9.18 Å². The van der Waals surface area contributed by atoms with Gasteiger partial charge in [0.1, 0.15) is 5.82 Å². The Labute approximate surface area is 125 Å². The van der Waals surface area contributed by atoms with Crippen LogP contribution in [0.1, 0.15) is 6.42 Å². The molecule has 114 valence electrons. The first-order valence-corrected chi connectivity index (χ1v) is 6.89. The third kappa shape index (κ3) is 2.75. The molecule has 0 aliphatic heterocycles. The van der Waals surface area contributed by atoms with Crippen LogP contribution >= 0.6 is 0 Å². The van der Waals surface area contributed by atoms with E-state index in [-0.39, 0.29) is 11.5 Å². The van der Waals surface area contributed by atoms with Crippen LogP contribution in [0.2, 0.25) is 0 Å². The molecule has 0 fully saturated rings. The van der Waals surface area contributed by atoms with Crippen LogP contribution in [0, 0.1) is 5.82 Å². The van der Waals surface area contributed by atoms with Crippen LogP contribution in [0.25, 0.3) is 22.6 Å². The van der Waals surface area contributed by atoms with Gasteiger partial charge in [0.2, 0.25) is 0 Å². The summed E-state index contributed by atoms with van der Waals surface area (Å²) in [5.74, 6) is -0.309. The van der Waals surface area contributed by atoms with E-state index in [1.54, 1.807) is 25.4 Å². The van der Waals surface area contributed by atoms with E-state index >= 15 is 0 Å². The summed E-state index contributed by atoms with van der Waals surface area (Å²) in [6, 6.07) is 5.99. The lowest BCUT2D eigenvalue weighted by Gasteiger charge is -2.04. The Kier molecular flexibility index (Phi) is 3.97. The van der Waals surface area contributed by atoms with Crippen molar-refractivity contribution in [1.29, 1.82) is 0 Å². The largest absolute Gasteiger partial charge is 0.385 e. The zero-order valence-corrected chi connectivity index (χ0v) is 12.0. The summed E-state index contributed by atoms with van der Waals surface area (Å²) in [5, 5.41) is 0. The lowest BCUT2D eigenvalue weighted by molar-refractivity contribution is 0.190. The number of ether oxygens (including phenoxy) is 1. The number of hydrogen-bond donors (Lipinski definition) is 1. The molecule has 0 bridgehead atoms. The molecule has 2 aromatic heterocycles. The van der Waals surface area contributed by atoms with Crippen molar-refractivity contribution in [2.24, 2.45) is 0 Å². The Morgan fingerprint density at radius 3 is 2.82 bits per heavy atom. The number of nitrogens with zero attached hydrogens (tertiary/aromatic N) is 3. The van der Waals surface area contributed by atoms with Crippen LogP contribution in [-0.2, 0) is 11.3 Å².